The smallest absolute Gasteiger partial charge is 0.239 e. The second-order valence-corrected chi connectivity index (χ2v) is 9.92. The lowest BCUT2D eigenvalue weighted by molar-refractivity contribution is 0.144. The first-order valence-corrected chi connectivity index (χ1v) is 11.8. The number of hydrogen-bond donors (Lipinski definition) is 0. The first kappa shape index (κ1) is 21.7. The molecule has 0 aliphatic carbocycles. The molecule has 0 amide bonds. The molecule has 4 nitrogen and oxygen atoms in total. The predicted molar refractivity (Wildman–Crippen MR) is 118 cm³/mol. The number of benzene rings is 3. The van der Waals surface area contributed by atoms with Gasteiger partial charge in [-0.05, 0) is 35.4 Å². The van der Waals surface area contributed by atoms with E-state index < -0.39 is 27.7 Å². The van der Waals surface area contributed by atoms with E-state index in [1.165, 1.54) is 4.31 Å². The lowest BCUT2D eigenvalue weighted by Gasteiger charge is -2.45. The summed E-state index contributed by atoms with van der Waals surface area (Å²) in [6.07, 6.45) is 0. The largest absolute Gasteiger partial charge is 0.295 e. The average molecular weight is 463 g/mol. The molecule has 0 bridgehead atoms. The Balaban J connectivity index is 1.57. The molecule has 0 N–H and O–H groups in total. The van der Waals surface area contributed by atoms with Crippen LogP contribution in [0.5, 0.6) is 0 Å². The van der Waals surface area contributed by atoms with Gasteiger partial charge >= 0.3 is 0 Å². The summed E-state index contributed by atoms with van der Waals surface area (Å²) in [4.78, 5) is 2.08. The Labute approximate surface area is 185 Å². The molecule has 0 unspecified atom stereocenters. The highest BCUT2D eigenvalue weighted by atomic mass is 35.5. The van der Waals surface area contributed by atoms with Gasteiger partial charge in [0.05, 0.1) is 17.5 Å². The normalized spacial score (nSPS) is 14.9. The Bertz CT molecular complexity index is 1130. The molecule has 3 aromatic carbocycles. The van der Waals surface area contributed by atoms with Crippen LogP contribution in [-0.4, -0.2) is 32.4 Å². The van der Waals surface area contributed by atoms with Crippen LogP contribution in [0.2, 0.25) is 5.02 Å². The van der Waals surface area contributed by atoms with Gasteiger partial charge in [-0.15, -0.1) is 0 Å². The van der Waals surface area contributed by atoms with Crippen LogP contribution in [0, 0.1) is 11.6 Å². The van der Waals surface area contributed by atoms with Crippen molar-refractivity contribution in [2.24, 2.45) is 0 Å². The lowest BCUT2D eigenvalue weighted by atomic mass is 10.1. The van der Waals surface area contributed by atoms with Gasteiger partial charge in [-0.1, -0.05) is 54.1 Å². The average Bonchev–Trinajstić information content (AvgIpc) is 2.67. The number of hydrogen-bond acceptors (Lipinski definition) is 3. The van der Waals surface area contributed by atoms with Crippen molar-refractivity contribution in [3.63, 3.8) is 0 Å². The second-order valence-electron chi connectivity index (χ2n) is 7.64. The molecule has 4 rings (SSSR count). The van der Waals surface area contributed by atoms with Gasteiger partial charge in [0.2, 0.25) is 10.0 Å². The predicted octanol–water partition coefficient (Wildman–Crippen LogP) is 4.84. The van der Waals surface area contributed by atoms with Crippen LogP contribution in [-0.2, 0) is 22.3 Å². The topological polar surface area (TPSA) is 40.6 Å². The summed E-state index contributed by atoms with van der Waals surface area (Å²) in [5.74, 6) is -1.88. The Morgan fingerprint density at radius 3 is 2.13 bits per heavy atom. The van der Waals surface area contributed by atoms with Crippen LogP contribution in [0.25, 0.3) is 0 Å². The first-order chi connectivity index (χ1) is 14.8. The van der Waals surface area contributed by atoms with Gasteiger partial charge in [0.15, 0.2) is 0 Å². The maximum atomic E-state index is 13.9. The molecule has 1 fully saturated rings. The summed E-state index contributed by atoms with van der Waals surface area (Å²) in [7, 11) is -3.87. The molecule has 0 saturated carbocycles. The zero-order chi connectivity index (χ0) is 22.0. The molecule has 0 spiro atoms. The standard InChI is InChI=1S/C23H21ClF2N2O2S/c24-19-8-6-17(7-9-19)13-27-14-23(15-27)28(22-11-20(25)10-21(26)12-22)31(29,30)16-18-4-2-1-3-5-18/h1-12,23H,13-16H2. The van der Waals surface area contributed by atoms with Gasteiger partial charge in [-0.25, -0.2) is 17.2 Å². The van der Waals surface area contributed by atoms with Crippen molar-refractivity contribution in [3.8, 4) is 0 Å². The van der Waals surface area contributed by atoms with Crippen molar-refractivity contribution in [1.29, 1.82) is 0 Å². The zero-order valence-electron chi connectivity index (χ0n) is 16.6. The molecule has 1 saturated heterocycles. The molecular formula is C23H21ClF2N2O2S. The SMILES string of the molecule is O=S(=O)(Cc1ccccc1)N(c1cc(F)cc(F)c1)C1CN(Cc2ccc(Cl)cc2)C1. The van der Waals surface area contributed by atoms with Gasteiger partial charge in [-0.2, -0.15) is 0 Å². The van der Waals surface area contributed by atoms with Gasteiger partial charge in [-0.3, -0.25) is 9.21 Å². The molecule has 162 valence electrons. The number of likely N-dealkylation sites (tertiary alicyclic amines) is 1. The number of halogens is 3. The molecule has 0 atom stereocenters. The number of nitrogens with zero attached hydrogens (tertiary/aromatic N) is 2. The Morgan fingerprint density at radius 1 is 0.903 bits per heavy atom. The van der Waals surface area contributed by atoms with Crippen LogP contribution in [0.4, 0.5) is 14.5 Å². The quantitative estimate of drug-likeness (QED) is 0.504. The summed E-state index contributed by atoms with van der Waals surface area (Å²) < 4.78 is 55.6. The van der Waals surface area contributed by atoms with Crippen LogP contribution in [0.15, 0.2) is 72.8 Å². The maximum absolute atomic E-state index is 13.9. The summed E-state index contributed by atoms with van der Waals surface area (Å²) in [5.41, 5.74) is 1.67. The summed E-state index contributed by atoms with van der Waals surface area (Å²) in [5, 5.41) is 0.650. The minimum absolute atomic E-state index is 0.00424. The van der Waals surface area contributed by atoms with E-state index in [1.54, 1.807) is 42.5 Å². The van der Waals surface area contributed by atoms with Gasteiger partial charge in [0.1, 0.15) is 11.6 Å². The first-order valence-electron chi connectivity index (χ1n) is 9.79. The fourth-order valence-corrected chi connectivity index (χ4v) is 5.68. The number of sulfonamides is 1. The van der Waals surface area contributed by atoms with Crippen LogP contribution in [0.3, 0.4) is 0 Å². The van der Waals surface area contributed by atoms with Crippen molar-refractivity contribution in [1.82, 2.24) is 4.90 Å². The highest BCUT2D eigenvalue weighted by Crippen LogP contribution is 2.30. The Hall–Kier alpha value is -2.48. The van der Waals surface area contributed by atoms with E-state index in [0.717, 1.165) is 23.8 Å². The highest BCUT2D eigenvalue weighted by Gasteiger charge is 2.38. The third-order valence-electron chi connectivity index (χ3n) is 5.18. The molecule has 1 aliphatic rings. The molecule has 1 aliphatic heterocycles. The molecule has 1 heterocycles. The summed E-state index contributed by atoms with van der Waals surface area (Å²) in [6, 6.07) is 18.6. The monoisotopic (exact) mass is 462 g/mol. The lowest BCUT2D eigenvalue weighted by Crippen LogP contribution is -2.60. The van der Waals surface area contributed by atoms with Crippen molar-refractivity contribution >= 4 is 27.3 Å². The number of anilines is 1. The van der Waals surface area contributed by atoms with Crippen molar-refractivity contribution in [2.75, 3.05) is 17.4 Å². The van der Waals surface area contributed by atoms with E-state index in [4.69, 9.17) is 11.6 Å². The van der Waals surface area contributed by atoms with E-state index in [1.807, 2.05) is 12.1 Å². The van der Waals surface area contributed by atoms with Crippen molar-refractivity contribution in [2.45, 2.75) is 18.3 Å². The van der Waals surface area contributed by atoms with E-state index >= 15 is 0 Å². The van der Waals surface area contributed by atoms with E-state index in [2.05, 4.69) is 4.90 Å². The molecular weight excluding hydrogens is 442 g/mol. The fraction of sp³-hybridized carbons (Fsp3) is 0.217. The van der Waals surface area contributed by atoms with Crippen LogP contribution in [0.1, 0.15) is 11.1 Å². The number of rotatable bonds is 7. The maximum Gasteiger partial charge on any atom is 0.239 e. The highest BCUT2D eigenvalue weighted by molar-refractivity contribution is 7.92. The minimum Gasteiger partial charge on any atom is -0.295 e. The van der Waals surface area contributed by atoms with Gasteiger partial charge < -0.3 is 0 Å². The Morgan fingerprint density at radius 2 is 1.52 bits per heavy atom. The third-order valence-corrected chi connectivity index (χ3v) is 7.24. The van der Waals surface area contributed by atoms with Crippen molar-refractivity contribution < 1.29 is 17.2 Å². The van der Waals surface area contributed by atoms with E-state index in [9.17, 15) is 17.2 Å². The van der Waals surface area contributed by atoms with Crippen LogP contribution < -0.4 is 4.31 Å². The fourth-order valence-electron chi connectivity index (χ4n) is 3.79. The molecule has 3 aromatic rings. The molecule has 0 aromatic heterocycles. The van der Waals surface area contributed by atoms with E-state index in [0.29, 0.717) is 30.2 Å². The summed E-state index contributed by atoms with van der Waals surface area (Å²) in [6.45, 7) is 1.54. The Kier molecular flexibility index (Phi) is 6.27. The minimum atomic E-state index is -3.87. The second kappa shape index (κ2) is 8.94. The summed E-state index contributed by atoms with van der Waals surface area (Å²) >= 11 is 5.92. The van der Waals surface area contributed by atoms with Gasteiger partial charge in [0, 0.05) is 30.7 Å². The molecule has 31 heavy (non-hydrogen) atoms. The molecule has 0 radical (unpaired) electrons. The molecule has 8 heteroatoms. The van der Waals surface area contributed by atoms with Crippen LogP contribution >= 0.6 is 11.6 Å². The zero-order valence-corrected chi connectivity index (χ0v) is 18.2. The van der Waals surface area contributed by atoms with Crippen molar-refractivity contribution in [3.05, 3.63) is 101 Å². The third kappa shape index (κ3) is 5.23. The van der Waals surface area contributed by atoms with E-state index in [-0.39, 0.29) is 11.4 Å². The van der Waals surface area contributed by atoms with Gasteiger partial charge in [0.25, 0.3) is 0 Å².